The molecule has 0 aliphatic carbocycles. The molecule has 6 rings (SSSR count). The number of hydrogen-bond donors (Lipinski definition) is 0. The van der Waals surface area contributed by atoms with Gasteiger partial charge in [-0.25, -0.2) is 0 Å². The number of halogens is 2. The summed E-state index contributed by atoms with van der Waals surface area (Å²) in [5.41, 5.74) is 6.20. The summed E-state index contributed by atoms with van der Waals surface area (Å²) in [5.74, 6) is 0. The first-order valence-electron chi connectivity index (χ1n) is 10.6. The SMILES string of the molecule is Cc1cc2c(-c3cccc4cccnc34)cccc2[cH-]1.Cc1cc2ccccc2[cH-]1.Cl.Cl.[CH3-].[CH3-].[Si]=[Zr]. The number of pyridine rings is 1. The maximum absolute atomic E-state index is 4.57. The van der Waals surface area contributed by atoms with E-state index in [0.717, 1.165) is 5.52 Å². The molecule has 0 aliphatic rings. The number of para-hydroxylation sites is 1. The minimum absolute atomic E-state index is 0. The average Bonchev–Trinajstić information content (AvgIpc) is 3.41. The molecule has 0 aliphatic heterocycles. The van der Waals surface area contributed by atoms with Crippen molar-refractivity contribution < 1.29 is 23.3 Å². The first-order chi connectivity index (χ1) is 15.7. The quantitative estimate of drug-likeness (QED) is 0.134. The number of rotatable bonds is 1. The molecule has 0 N–H and O–H groups in total. The molecule has 0 fully saturated rings. The molecular formula is C31H31Cl2NSiZr-4. The molecule has 0 bridgehead atoms. The van der Waals surface area contributed by atoms with E-state index < -0.39 is 0 Å². The molecule has 5 heteroatoms. The van der Waals surface area contributed by atoms with Gasteiger partial charge < -0.3 is 14.9 Å². The Morgan fingerprint density at radius 1 is 0.639 bits per heavy atom. The van der Waals surface area contributed by atoms with E-state index in [-0.39, 0.29) is 39.7 Å². The Labute approximate surface area is 245 Å². The maximum atomic E-state index is 4.57. The van der Waals surface area contributed by atoms with Gasteiger partial charge in [0.2, 0.25) is 0 Å². The van der Waals surface area contributed by atoms with Crippen LogP contribution >= 0.6 is 24.8 Å². The van der Waals surface area contributed by atoms with Crippen LogP contribution in [0.3, 0.4) is 0 Å². The second-order valence-corrected chi connectivity index (χ2v) is 7.88. The summed E-state index contributed by atoms with van der Waals surface area (Å²) in [6, 6.07) is 34.3. The summed E-state index contributed by atoms with van der Waals surface area (Å²) in [5, 5.41) is 6.49. The Morgan fingerprint density at radius 2 is 1.19 bits per heavy atom. The molecule has 0 atom stereocenters. The van der Waals surface area contributed by atoms with Crippen molar-refractivity contribution in [1.82, 2.24) is 4.98 Å². The summed E-state index contributed by atoms with van der Waals surface area (Å²) < 4.78 is 0. The van der Waals surface area contributed by atoms with Crippen LogP contribution < -0.4 is 0 Å². The van der Waals surface area contributed by atoms with Crippen molar-refractivity contribution in [3.63, 3.8) is 0 Å². The van der Waals surface area contributed by atoms with Gasteiger partial charge in [0, 0.05) is 11.6 Å². The van der Waals surface area contributed by atoms with Gasteiger partial charge in [0.25, 0.3) is 0 Å². The third-order valence-corrected chi connectivity index (χ3v) is 5.58. The molecule has 0 unspecified atom stereocenters. The van der Waals surface area contributed by atoms with Crippen LogP contribution in [0.4, 0.5) is 0 Å². The van der Waals surface area contributed by atoms with E-state index in [1.54, 1.807) is 0 Å². The van der Waals surface area contributed by atoms with Gasteiger partial charge in [0.05, 0.1) is 5.52 Å². The van der Waals surface area contributed by atoms with E-state index in [2.05, 4.69) is 117 Å². The van der Waals surface area contributed by atoms with E-state index >= 15 is 0 Å². The second-order valence-electron chi connectivity index (χ2n) is 7.88. The summed E-state index contributed by atoms with van der Waals surface area (Å²) in [4.78, 5) is 4.57. The fraction of sp³-hybridized carbons (Fsp3) is 0.0645. The predicted molar refractivity (Wildman–Crippen MR) is 162 cm³/mol. The van der Waals surface area contributed by atoms with Gasteiger partial charge in [-0.3, -0.25) is 4.98 Å². The van der Waals surface area contributed by atoms with Gasteiger partial charge in [-0.2, -0.15) is 12.1 Å². The molecule has 6 aromatic rings. The van der Waals surface area contributed by atoms with Crippen LogP contribution in [0.15, 0.2) is 103 Å². The first kappa shape index (κ1) is 34.0. The first-order valence-corrected chi connectivity index (χ1v) is 14.7. The summed E-state index contributed by atoms with van der Waals surface area (Å²) in [6.07, 6.45) is 1.86. The van der Waals surface area contributed by atoms with Gasteiger partial charge in [-0.15, -0.1) is 100.0 Å². The predicted octanol–water partition coefficient (Wildman–Crippen LogP) is 9.31. The standard InChI is InChI=1S/C19H14N.C10H9.2CH3.2ClH.Si.Zr/c1-13-11-15-6-3-8-16(18(15)12-13)17-9-2-5-14-7-4-10-20-19(14)17;1-8-6-9-4-2-3-5-10(9)7-8;;;;;;/h2-12H,1H3;2-7H,1H3;2*1H3;2*1H;;/q4*-1;;;;. The number of aromatic nitrogens is 1. The Morgan fingerprint density at radius 3 is 1.94 bits per heavy atom. The van der Waals surface area contributed by atoms with E-state index in [0.29, 0.717) is 0 Å². The zero-order chi connectivity index (χ0) is 22.5. The molecule has 0 saturated heterocycles. The van der Waals surface area contributed by atoms with Crippen LogP contribution in [0.1, 0.15) is 11.1 Å². The number of nitrogens with zero attached hydrogens (tertiary/aromatic N) is 1. The van der Waals surface area contributed by atoms with Crippen LogP contribution in [-0.2, 0) is 23.3 Å². The van der Waals surface area contributed by atoms with Crippen molar-refractivity contribution >= 4 is 64.1 Å². The fourth-order valence-electron chi connectivity index (χ4n) is 4.25. The second kappa shape index (κ2) is 15.9. The van der Waals surface area contributed by atoms with E-state index in [1.807, 2.05) is 12.3 Å². The normalized spacial score (nSPS) is 9.25. The minimum atomic E-state index is 0. The van der Waals surface area contributed by atoms with Crippen molar-refractivity contribution in [2.75, 3.05) is 0 Å². The molecule has 36 heavy (non-hydrogen) atoms. The fourth-order valence-corrected chi connectivity index (χ4v) is 4.25. The molecule has 0 saturated carbocycles. The molecule has 5 aromatic carbocycles. The van der Waals surface area contributed by atoms with Gasteiger partial charge in [-0.1, -0.05) is 55.8 Å². The van der Waals surface area contributed by atoms with Crippen molar-refractivity contribution in [3.05, 3.63) is 129 Å². The molecule has 186 valence electrons. The van der Waals surface area contributed by atoms with Crippen molar-refractivity contribution in [2.45, 2.75) is 13.8 Å². The third kappa shape index (κ3) is 7.49. The van der Waals surface area contributed by atoms with Gasteiger partial charge >= 0.3 is 30.2 Å². The molecule has 0 spiro atoms. The molecule has 2 radical (unpaired) electrons. The van der Waals surface area contributed by atoms with E-state index in [9.17, 15) is 0 Å². The topological polar surface area (TPSA) is 12.9 Å². The van der Waals surface area contributed by atoms with E-state index in [4.69, 9.17) is 0 Å². The summed E-state index contributed by atoms with van der Waals surface area (Å²) >= 11 is 1.36. The zero-order valence-electron chi connectivity index (χ0n) is 21.1. The van der Waals surface area contributed by atoms with Crippen LogP contribution in [-0.4, -0.2) is 11.9 Å². The number of fused-ring (bicyclic) bond motifs is 3. The Balaban J connectivity index is 0.000000661. The van der Waals surface area contributed by atoms with Crippen LogP contribution in [0.25, 0.3) is 43.6 Å². The van der Waals surface area contributed by atoms with Crippen molar-refractivity contribution in [3.8, 4) is 11.1 Å². The summed E-state index contributed by atoms with van der Waals surface area (Å²) in [7, 11) is 0. The molecule has 1 heterocycles. The van der Waals surface area contributed by atoms with Crippen molar-refractivity contribution in [1.29, 1.82) is 0 Å². The van der Waals surface area contributed by atoms with Crippen LogP contribution in [0.2, 0.25) is 0 Å². The van der Waals surface area contributed by atoms with Crippen molar-refractivity contribution in [2.24, 2.45) is 0 Å². The molecular weight excluding hydrogens is 577 g/mol. The van der Waals surface area contributed by atoms with Gasteiger partial charge in [0.15, 0.2) is 0 Å². The zero-order valence-corrected chi connectivity index (χ0v) is 26.2. The Kier molecular flexibility index (Phi) is 15.0. The Bertz CT molecular complexity index is 1460. The molecule has 0 amide bonds. The third-order valence-electron chi connectivity index (χ3n) is 5.58. The van der Waals surface area contributed by atoms with E-state index in [1.165, 1.54) is 72.5 Å². The monoisotopic (exact) mass is 605 g/mol. The van der Waals surface area contributed by atoms with Gasteiger partial charge in [-0.05, 0) is 11.6 Å². The summed E-state index contributed by atoms with van der Waals surface area (Å²) in [6.45, 7) is 7.33. The van der Waals surface area contributed by atoms with Gasteiger partial charge in [0.1, 0.15) is 0 Å². The number of aryl methyl sites for hydroxylation is 2. The molecule has 1 nitrogen and oxygen atoms in total. The molecule has 1 aromatic heterocycles. The Hall–Kier alpha value is -2.03. The number of hydrogen-bond acceptors (Lipinski definition) is 1. The number of benzene rings is 3. The van der Waals surface area contributed by atoms with Crippen LogP contribution in [0, 0.1) is 28.7 Å². The van der Waals surface area contributed by atoms with Crippen LogP contribution in [0.5, 0.6) is 0 Å². The average molecular weight is 608 g/mol.